The van der Waals surface area contributed by atoms with Gasteiger partial charge in [0.25, 0.3) is 5.91 Å². The summed E-state index contributed by atoms with van der Waals surface area (Å²) in [5, 5.41) is 7.41. The van der Waals surface area contributed by atoms with Crippen LogP contribution in [0.5, 0.6) is 0 Å². The van der Waals surface area contributed by atoms with E-state index in [0.29, 0.717) is 16.5 Å². The third-order valence-corrected chi connectivity index (χ3v) is 5.50. The zero-order chi connectivity index (χ0) is 17.2. The summed E-state index contributed by atoms with van der Waals surface area (Å²) in [7, 11) is 0. The van der Waals surface area contributed by atoms with Crippen molar-refractivity contribution in [3.05, 3.63) is 81.3 Å². The molecule has 124 valence electrons. The van der Waals surface area contributed by atoms with E-state index in [9.17, 15) is 4.79 Å². The summed E-state index contributed by atoms with van der Waals surface area (Å²) in [5.74, 6) is -0.458. The van der Waals surface area contributed by atoms with Crippen LogP contribution in [0.2, 0.25) is 5.02 Å². The first kappa shape index (κ1) is 16.9. The van der Waals surface area contributed by atoms with Gasteiger partial charge in [-0.2, -0.15) is 0 Å². The van der Waals surface area contributed by atoms with Gasteiger partial charge in [-0.15, -0.1) is 0 Å². The minimum absolute atomic E-state index is 0.458. The number of aryl methyl sites for hydroxylation is 1. The summed E-state index contributed by atoms with van der Waals surface area (Å²) in [5.41, 5.74) is 8.52. The van der Waals surface area contributed by atoms with Gasteiger partial charge in [0, 0.05) is 23.3 Å². The van der Waals surface area contributed by atoms with E-state index in [4.69, 9.17) is 17.3 Å². The summed E-state index contributed by atoms with van der Waals surface area (Å²) < 4.78 is 0. The van der Waals surface area contributed by atoms with Crippen LogP contribution >= 0.6 is 23.4 Å². The number of primary amides is 1. The Kier molecular flexibility index (Phi) is 4.85. The largest absolute Gasteiger partial charge is 0.365 e. The zero-order valence-electron chi connectivity index (χ0n) is 13.2. The molecule has 1 aliphatic heterocycles. The molecule has 0 spiro atoms. The van der Waals surface area contributed by atoms with Crippen LogP contribution in [-0.4, -0.2) is 5.91 Å². The average molecular weight is 360 g/mol. The highest BCUT2D eigenvalue weighted by Gasteiger charge is 2.41. The number of rotatable bonds is 5. The van der Waals surface area contributed by atoms with E-state index >= 15 is 0 Å². The molecule has 0 fully saturated rings. The predicted molar refractivity (Wildman–Crippen MR) is 99.2 cm³/mol. The van der Waals surface area contributed by atoms with Gasteiger partial charge in [0.2, 0.25) is 0 Å². The first-order chi connectivity index (χ1) is 11.5. The number of amides is 1. The smallest absolute Gasteiger partial charge is 0.256 e. The van der Waals surface area contributed by atoms with Crippen molar-refractivity contribution in [2.24, 2.45) is 5.73 Å². The Bertz CT molecular complexity index is 774. The van der Waals surface area contributed by atoms with Gasteiger partial charge < -0.3 is 11.1 Å². The van der Waals surface area contributed by atoms with Crippen molar-refractivity contribution in [2.75, 3.05) is 0 Å². The topological polar surface area (TPSA) is 67.2 Å². The number of hydrogen-bond acceptors (Lipinski definition) is 4. The van der Waals surface area contributed by atoms with Crippen LogP contribution in [0.3, 0.4) is 0 Å². The third-order valence-electron chi connectivity index (χ3n) is 3.87. The Morgan fingerprint density at radius 2 is 2.00 bits per heavy atom. The summed E-state index contributed by atoms with van der Waals surface area (Å²) in [6.45, 7) is 2.61. The SMILES string of the molecule is Cc1cccc(Cl)c1C1(NCc2ccccc2)NC=C(C(N)=O)S1. The van der Waals surface area contributed by atoms with Gasteiger partial charge >= 0.3 is 0 Å². The van der Waals surface area contributed by atoms with E-state index in [0.717, 1.165) is 16.7 Å². The van der Waals surface area contributed by atoms with Crippen LogP contribution < -0.4 is 16.4 Å². The molecule has 24 heavy (non-hydrogen) atoms. The van der Waals surface area contributed by atoms with Gasteiger partial charge in [-0.05, 0) is 24.1 Å². The van der Waals surface area contributed by atoms with E-state index in [1.54, 1.807) is 6.20 Å². The number of benzene rings is 2. The lowest BCUT2D eigenvalue weighted by Crippen LogP contribution is -2.47. The Labute approximate surface area is 150 Å². The Morgan fingerprint density at radius 3 is 2.62 bits per heavy atom. The van der Waals surface area contributed by atoms with Crippen molar-refractivity contribution in [1.29, 1.82) is 0 Å². The van der Waals surface area contributed by atoms with E-state index < -0.39 is 10.9 Å². The van der Waals surface area contributed by atoms with Crippen LogP contribution in [0.4, 0.5) is 0 Å². The predicted octanol–water partition coefficient (Wildman–Crippen LogP) is 3.21. The first-order valence-corrected chi connectivity index (χ1v) is 8.72. The van der Waals surface area contributed by atoms with Gasteiger partial charge in [0.1, 0.15) is 0 Å². The molecule has 0 aliphatic carbocycles. The lowest BCUT2D eigenvalue weighted by molar-refractivity contribution is -0.113. The van der Waals surface area contributed by atoms with Crippen molar-refractivity contribution in [1.82, 2.24) is 10.6 Å². The number of thioether (sulfide) groups is 1. The minimum atomic E-state index is -0.734. The fraction of sp³-hybridized carbons (Fsp3) is 0.167. The van der Waals surface area contributed by atoms with Gasteiger partial charge in [0.15, 0.2) is 4.99 Å². The number of halogens is 1. The van der Waals surface area contributed by atoms with Crippen molar-refractivity contribution >= 4 is 29.3 Å². The molecule has 0 saturated heterocycles. The summed E-state index contributed by atoms with van der Waals surface area (Å²) in [6, 6.07) is 15.8. The molecular formula is C18H18ClN3OS. The maximum Gasteiger partial charge on any atom is 0.256 e. The molecule has 4 nitrogen and oxygen atoms in total. The molecular weight excluding hydrogens is 342 g/mol. The molecule has 3 rings (SSSR count). The molecule has 0 saturated carbocycles. The molecule has 1 unspecified atom stereocenters. The van der Waals surface area contributed by atoms with Gasteiger partial charge in [-0.1, -0.05) is 65.8 Å². The van der Waals surface area contributed by atoms with E-state index in [2.05, 4.69) is 10.6 Å². The molecule has 1 atom stereocenters. The Balaban J connectivity index is 1.95. The summed E-state index contributed by atoms with van der Waals surface area (Å²) in [6.07, 6.45) is 1.65. The number of carbonyl (C=O) groups excluding carboxylic acids is 1. The molecule has 1 aliphatic rings. The van der Waals surface area contributed by atoms with Gasteiger partial charge in [-0.3, -0.25) is 10.1 Å². The second kappa shape index (κ2) is 6.89. The average Bonchev–Trinajstić information content (AvgIpc) is 2.99. The second-order valence-electron chi connectivity index (χ2n) is 5.57. The maximum absolute atomic E-state index is 11.6. The molecule has 4 N–H and O–H groups in total. The fourth-order valence-electron chi connectivity index (χ4n) is 2.71. The number of nitrogens with two attached hydrogens (primary N) is 1. The van der Waals surface area contributed by atoms with Crippen molar-refractivity contribution < 1.29 is 4.79 Å². The van der Waals surface area contributed by atoms with Crippen LogP contribution in [0.15, 0.2) is 59.6 Å². The molecule has 0 radical (unpaired) electrons. The third kappa shape index (κ3) is 3.29. The normalized spacial score (nSPS) is 19.7. The fourth-order valence-corrected chi connectivity index (χ4v) is 4.31. The molecule has 1 amide bonds. The lowest BCUT2D eigenvalue weighted by Gasteiger charge is -2.33. The second-order valence-corrected chi connectivity index (χ2v) is 7.23. The molecule has 2 aromatic carbocycles. The van der Waals surface area contributed by atoms with Crippen LogP contribution in [0.25, 0.3) is 0 Å². The van der Waals surface area contributed by atoms with Crippen molar-refractivity contribution in [3.8, 4) is 0 Å². The number of nitrogens with one attached hydrogen (secondary N) is 2. The van der Waals surface area contributed by atoms with E-state index in [1.165, 1.54) is 11.8 Å². The quantitative estimate of drug-likeness (QED) is 0.766. The highest BCUT2D eigenvalue weighted by atomic mass is 35.5. The van der Waals surface area contributed by atoms with Gasteiger partial charge in [0.05, 0.1) is 4.91 Å². The molecule has 6 heteroatoms. The standard InChI is InChI=1S/C18H18ClN3OS/c1-12-6-5-9-14(19)16(12)18(22-11-15(24-18)17(20)23)21-10-13-7-3-2-4-8-13/h2-9,11,21-22H,10H2,1H3,(H2,20,23). The minimum Gasteiger partial charge on any atom is -0.365 e. The van der Waals surface area contributed by atoms with Crippen LogP contribution in [-0.2, 0) is 16.3 Å². The Morgan fingerprint density at radius 1 is 1.25 bits per heavy atom. The molecule has 0 bridgehead atoms. The molecule has 1 heterocycles. The van der Waals surface area contributed by atoms with E-state index in [-0.39, 0.29) is 0 Å². The molecule has 0 aromatic heterocycles. The van der Waals surface area contributed by atoms with Crippen LogP contribution in [0, 0.1) is 6.92 Å². The Hall–Kier alpha value is -1.95. The molecule has 2 aromatic rings. The highest BCUT2D eigenvalue weighted by molar-refractivity contribution is 8.05. The summed E-state index contributed by atoms with van der Waals surface area (Å²) >= 11 is 7.82. The zero-order valence-corrected chi connectivity index (χ0v) is 14.7. The maximum atomic E-state index is 11.6. The number of carbonyl (C=O) groups is 1. The number of hydrogen-bond donors (Lipinski definition) is 3. The highest BCUT2D eigenvalue weighted by Crippen LogP contribution is 2.44. The monoisotopic (exact) mass is 359 g/mol. The van der Waals surface area contributed by atoms with Crippen molar-refractivity contribution in [3.63, 3.8) is 0 Å². The van der Waals surface area contributed by atoms with Crippen LogP contribution in [0.1, 0.15) is 16.7 Å². The van der Waals surface area contributed by atoms with E-state index in [1.807, 2.05) is 55.5 Å². The summed E-state index contributed by atoms with van der Waals surface area (Å²) in [4.78, 5) is 11.3. The lowest BCUT2D eigenvalue weighted by atomic mass is 10.1. The van der Waals surface area contributed by atoms with Crippen molar-refractivity contribution in [2.45, 2.75) is 18.5 Å². The first-order valence-electron chi connectivity index (χ1n) is 7.53. The van der Waals surface area contributed by atoms with Gasteiger partial charge in [-0.25, -0.2) is 0 Å².